The number of rotatable bonds is 3. The fraction of sp³-hybridized carbons (Fsp3) is 0.0833. The normalized spacial score (nSPS) is 11.1. The fourth-order valence-electron chi connectivity index (χ4n) is 1.61. The highest BCUT2D eigenvalue weighted by Gasteiger charge is 2.08. The molecule has 0 unspecified atom stereocenters. The molecule has 0 N–H and O–H groups in total. The average molecular weight is 311 g/mol. The van der Waals surface area contributed by atoms with Crippen LogP contribution in [0.15, 0.2) is 41.7 Å². The molecule has 19 heavy (non-hydrogen) atoms. The van der Waals surface area contributed by atoms with Gasteiger partial charge in [0.25, 0.3) is 0 Å². The van der Waals surface area contributed by atoms with Gasteiger partial charge < -0.3 is 0 Å². The smallest absolute Gasteiger partial charge is 0.195 e. The van der Waals surface area contributed by atoms with Gasteiger partial charge in [0, 0.05) is 11.9 Å². The molecule has 0 saturated carbocycles. The summed E-state index contributed by atoms with van der Waals surface area (Å²) in [6, 6.07) is 9.38. The van der Waals surface area contributed by atoms with E-state index in [0.717, 1.165) is 16.4 Å². The van der Waals surface area contributed by atoms with E-state index in [1.807, 2.05) is 34.9 Å². The molecular formula is C12H8Cl2N4S. The Labute approximate surface area is 123 Å². The number of hydrogen-bond donors (Lipinski definition) is 0. The summed E-state index contributed by atoms with van der Waals surface area (Å²) in [5, 5.41) is 9.87. The first-order valence-corrected chi connectivity index (χ1v) is 7.22. The van der Waals surface area contributed by atoms with Crippen LogP contribution in [0.4, 0.5) is 0 Å². The van der Waals surface area contributed by atoms with Crippen molar-refractivity contribution in [3.8, 4) is 0 Å². The monoisotopic (exact) mass is 310 g/mol. The number of aromatic nitrogens is 4. The molecule has 4 nitrogen and oxygen atoms in total. The van der Waals surface area contributed by atoms with Crippen molar-refractivity contribution in [1.82, 2.24) is 19.6 Å². The lowest BCUT2D eigenvalue weighted by atomic mass is 10.3. The summed E-state index contributed by atoms with van der Waals surface area (Å²) in [6.45, 7) is 0. The maximum atomic E-state index is 6.04. The Bertz CT molecular complexity index is 729. The van der Waals surface area contributed by atoms with Gasteiger partial charge in [0.05, 0.1) is 0 Å². The van der Waals surface area contributed by atoms with Crippen molar-refractivity contribution >= 4 is 40.6 Å². The van der Waals surface area contributed by atoms with Crippen molar-refractivity contribution in [2.75, 3.05) is 0 Å². The summed E-state index contributed by atoms with van der Waals surface area (Å²) in [4.78, 5) is 4.01. The van der Waals surface area contributed by atoms with E-state index in [0.29, 0.717) is 16.1 Å². The predicted octanol–water partition coefficient (Wildman–Crippen LogP) is 3.72. The largest absolute Gasteiger partial charge is 0.277 e. The van der Waals surface area contributed by atoms with Crippen LogP contribution in [0.1, 0.15) is 5.56 Å². The lowest BCUT2D eigenvalue weighted by Gasteiger charge is -2.02. The Kier molecular flexibility index (Phi) is 3.59. The van der Waals surface area contributed by atoms with Gasteiger partial charge in [-0.25, -0.2) is 4.98 Å². The van der Waals surface area contributed by atoms with Gasteiger partial charge in [0.15, 0.2) is 10.8 Å². The molecule has 3 aromatic rings. The van der Waals surface area contributed by atoms with Crippen LogP contribution >= 0.6 is 35.0 Å². The highest BCUT2D eigenvalue weighted by molar-refractivity contribution is 7.98. The van der Waals surface area contributed by atoms with Gasteiger partial charge in [-0.15, -0.1) is 10.2 Å². The van der Waals surface area contributed by atoms with Crippen molar-refractivity contribution in [3.05, 3.63) is 52.4 Å². The number of hydrogen-bond acceptors (Lipinski definition) is 4. The second-order valence-corrected chi connectivity index (χ2v) is 5.47. The van der Waals surface area contributed by atoms with E-state index >= 15 is 0 Å². The molecule has 3 rings (SSSR count). The van der Waals surface area contributed by atoms with Crippen molar-refractivity contribution in [2.24, 2.45) is 0 Å². The van der Waals surface area contributed by atoms with Crippen LogP contribution in [0.25, 0.3) is 5.65 Å². The van der Waals surface area contributed by atoms with Gasteiger partial charge in [-0.2, -0.15) is 0 Å². The molecule has 3 aromatic heterocycles. The van der Waals surface area contributed by atoms with E-state index in [2.05, 4.69) is 15.2 Å². The van der Waals surface area contributed by atoms with Crippen molar-refractivity contribution in [3.63, 3.8) is 0 Å². The second-order valence-electron chi connectivity index (χ2n) is 3.78. The number of nitrogens with zero attached hydrogens (tertiary/aromatic N) is 4. The Morgan fingerprint density at radius 2 is 2.00 bits per heavy atom. The van der Waals surface area contributed by atoms with Gasteiger partial charge in [0.1, 0.15) is 10.3 Å². The number of halogens is 2. The molecule has 0 bridgehead atoms. The van der Waals surface area contributed by atoms with Crippen LogP contribution in [0.5, 0.6) is 0 Å². The van der Waals surface area contributed by atoms with Crippen molar-refractivity contribution in [1.29, 1.82) is 0 Å². The zero-order valence-electron chi connectivity index (χ0n) is 9.62. The van der Waals surface area contributed by atoms with E-state index in [-0.39, 0.29) is 0 Å². The minimum absolute atomic E-state index is 0.395. The predicted molar refractivity (Wildman–Crippen MR) is 76.8 cm³/mol. The third-order valence-electron chi connectivity index (χ3n) is 2.53. The van der Waals surface area contributed by atoms with E-state index in [1.165, 1.54) is 0 Å². The third-order valence-corrected chi connectivity index (χ3v) is 4.06. The van der Waals surface area contributed by atoms with E-state index in [4.69, 9.17) is 23.2 Å². The molecule has 0 aliphatic rings. The molecule has 96 valence electrons. The topological polar surface area (TPSA) is 43.1 Å². The molecule has 0 amide bonds. The number of thioether (sulfide) groups is 1. The van der Waals surface area contributed by atoms with Crippen LogP contribution < -0.4 is 0 Å². The Hall–Kier alpha value is -1.30. The third kappa shape index (κ3) is 2.68. The minimum Gasteiger partial charge on any atom is -0.277 e. The highest BCUT2D eigenvalue weighted by Crippen LogP contribution is 2.25. The molecule has 0 saturated heterocycles. The second kappa shape index (κ2) is 5.36. The molecule has 0 aliphatic heterocycles. The van der Waals surface area contributed by atoms with Gasteiger partial charge >= 0.3 is 0 Å². The van der Waals surface area contributed by atoms with Crippen LogP contribution in [-0.4, -0.2) is 19.6 Å². The van der Waals surface area contributed by atoms with Crippen LogP contribution in [0.3, 0.4) is 0 Å². The quantitative estimate of drug-likeness (QED) is 0.546. The molecule has 0 aromatic carbocycles. The average Bonchev–Trinajstić information content (AvgIpc) is 2.81. The first-order valence-electron chi connectivity index (χ1n) is 5.47. The van der Waals surface area contributed by atoms with Crippen molar-refractivity contribution in [2.45, 2.75) is 10.9 Å². The molecular weight excluding hydrogens is 303 g/mol. The van der Waals surface area contributed by atoms with E-state index in [1.54, 1.807) is 17.8 Å². The first kappa shape index (κ1) is 12.7. The lowest BCUT2D eigenvalue weighted by molar-refractivity contribution is 0.921. The Balaban J connectivity index is 1.82. The van der Waals surface area contributed by atoms with Crippen LogP contribution in [0, 0.1) is 0 Å². The van der Waals surface area contributed by atoms with Crippen LogP contribution in [0.2, 0.25) is 10.3 Å². The van der Waals surface area contributed by atoms with E-state index < -0.39 is 0 Å². The van der Waals surface area contributed by atoms with Gasteiger partial charge in [-0.3, -0.25) is 4.40 Å². The molecule has 0 atom stereocenters. The lowest BCUT2D eigenvalue weighted by Crippen LogP contribution is -1.90. The summed E-state index contributed by atoms with van der Waals surface area (Å²) < 4.78 is 1.93. The number of fused-ring (bicyclic) bond motifs is 1. The zero-order chi connectivity index (χ0) is 13.2. The van der Waals surface area contributed by atoms with Crippen LogP contribution in [-0.2, 0) is 5.75 Å². The van der Waals surface area contributed by atoms with Gasteiger partial charge in [-0.1, -0.05) is 47.1 Å². The summed E-state index contributed by atoms with van der Waals surface area (Å²) in [5.41, 5.74) is 1.74. The fourth-order valence-corrected chi connectivity index (χ4v) is 3.01. The summed E-state index contributed by atoms with van der Waals surface area (Å²) in [7, 11) is 0. The minimum atomic E-state index is 0.395. The summed E-state index contributed by atoms with van der Waals surface area (Å²) >= 11 is 13.4. The number of pyridine rings is 2. The Morgan fingerprint density at radius 3 is 2.84 bits per heavy atom. The Morgan fingerprint density at radius 1 is 1.11 bits per heavy atom. The molecule has 0 radical (unpaired) electrons. The van der Waals surface area contributed by atoms with Gasteiger partial charge in [-0.05, 0) is 23.8 Å². The first-order chi connectivity index (χ1) is 9.24. The molecule has 0 spiro atoms. The molecule has 0 fully saturated rings. The molecule has 3 heterocycles. The zero-order valence-corrected chi connectivity index (χ0v) is 12.0. The van der Waals surface area contributed by atoms with E-state index in [9.17, 15) is 0 Å². The standard InChI is InChI=1S/C12H8Cl2N4S/c13-9-5-4-8(11(14)15-9)7-19-12-17-16-10-3-1-2-6-18(10)12/h1-6H,7H2. The summed E-state index contributed by atoms with van der Waals surface area (Å²) in [5.74, 6) is 0.665. The maximum Gasteiger partial charge on any atom is 0.195 e. The molecule has 0 aliphatic carbocycles. The van der Waals surface area contributed by atoms with Crippen molar-refractivity contribution < 1.29 is 0 Å². The SMILES string of the molecule is Clc1ccc(CSc2nnc3ccccn23)c(Cl)n1. The molecule has 7 heteroatoms. The summed E-state index contributed by atoms with van der Waals surface area (Å²) in [6.07, 6.45) is 1.93. The van der Waals surface area contributed by atoms with Gasteiger partial charge in [0.2, 0.25) is 0 Å². The highest BCUT2D eigenvalue weighted by atomic mass is 35.5. The maximum absolute atomic E-state index is 6.04.